The third-order valence-electron chi connectivity index (χ3n) is 7.15. The molecule has 0 radical (unpaired) electrons. The van der Waals surface area contributed by atoms with Gasteiger partial charge in [-0.2, -0.15) is 0 Å². The van der Waals surface area contributed by atoms with Crippen molar-refractivity contribution in [2.75, 3.05) is 19.7 Å². The molecule has 3 atom stereocenters. The first-order valence-corrected chi connectivity index (χ1v) is 11.6. The first-order chi connectivity index (χ1) is 16.1. The van der Waals surface area contributed by atoms with E-state index in [0.29, 0.717) is 25.7 Å². The Hall–Kier alpha value is -2.08. The van der Waals surface area contributed by atoms with E-state index in [2.05, 4.69) is 21.3 Å². The number of benzene rings is 1. The summed E-state index contributed by atoms with van der Waals surface area (Å²) in [7, 11) is 0. The van der Waals surface area contributed by atoms with Crippen LogP contribution in [0.25, 0.3) is 0 Å². The van der Waals surface area contributed by atoms with Gasteiger partial charge in [-0.05, 0) is 44.2 Å². The number of aliphatic hydroxyl groups is 1. The Bertz CT molecular complexity index is 921. The van der Waals surface area contributed by atoms with E-state index >= 15 is 0 Å². The number of fused-ring (bicyclic) bond motifs is 3. The average molecular weight is 505 g/mol. The topological polar surface area (TPSA) is 112 Å². The van der Waals surface area contributed by atoms with Gasteiger partial charge < -0.3 is 31.1 Å². The van der Waals surface area contributed by atoms with Crippen molar-refractivity contribution in [1.29, 1.82) is 0 Å². The molecular formula is C22H28ClF3N4O4. The minimum Gasteiger partial charge on any atom is -0.484 e. The average Bonchev–Trinajstić information content (AvgIpc) is 2.81. The summed E-state index contributed by atoms with van der Waals surface area (Å²) in [5.74, 6) is -1.23. The van der Waals surface area contributed by atoms with Crippen LogP contribution >= 0.6 is 11.6 Å². The number of aliphatic hydroxyl groups excluding tert-OH is 1. The highest BCUT2D eigenvalue weighted by Gasteiger charge is 2.55. The second-order valence-corrected chi connectivity index (χ2v) is 9.78. The van der Waals surface area contributed by atoms with Gasteiger partial charge in [0, 0.05) is 24.7 Å². The summed E-state index contributed by atoms with van der Waals surface area (Å²) in [5.41, 5.74) is -1.44. The largest absolute Gasteiger partial charge is 0.484 e. The Kier molecular flexibility index (Phi) is 7.28. The molecule has 3 unspecified atom stereocenters. The van der Waals surface area contributed by atoms with Crippen molar-refractivity contribution in [2.24, 2.45) is 0 Å². The normalized spacial score (nSPS) is 32.9. The molecule has 4 aliphatic rings. The Balaban J connectivity index is 1.28. The van der Waals surface area contributed by atoms with E-state index in [1.54, 1.807) is 0 Å². The van der Waals surface area contributed by atoms with Gasteiger partial charge in [-0.25, -0.2) is 13.2 Å². The quantitative estimate of drug-likeness (QED) is 0.380. The molecule has 5 N–H and O–H groups in total. The third kappa shape index (κ3) is 5.27. The van der Waals surface area contributed by atoms with Crippen molar-refractivity contribution < 1.29 is 32.6 Å². The van der Waals surface area contributed by atoms with Crippen LogP contribution in [0, 0.1) is 5.82 Å². The lowest BCUT2D eigenvalue weighted by Gasteiger charge is -2.56. The fraction of sp³-hybridized carbons (Fsp3) is 0.636. The predicted molar refractivity (Wildman–Crippen MR) is 117 cm³/mol. The van der Waals surface area contributed by atoms with Gasteiger partial charge >= 0.3 is 0 Å². The molecule has 8 nitrogen and oxygen atoms in total. The summed E-state index contributed by atoms with van der Waals surface area (Å²) in [6.07, 6.45) is -1.10. The summed E-state index contributed by atoms with van der Waals surface area (Å²) in [6.45, 7) is -0.264. The number of carbonyl (C=O) groups is 2. The van der Waals surface area contributed by atoms with Crippen LogP contribution in [-0.2, 0) is 9.59 Å². The third-order valence-corrected chi connectivity index (χ3v) is 7.45. The maximum absolute atomic E-state index is 13.5. The number of ether oxygens (including phenoxy) is 1. The number of amides is 2. The minimum atomic E-state index is -2.51. The Morgan fingerprint density at radius 1 is 1.18 bits per heavy atom. The number of halogens is 4. The van der Waals surface area contributed by atoms with E-state index in [1.165, 1.54) is 12.1 Å². The molecule has 2 amide bonds. The second kappa shape index (κ2) is 9.88. The lowest BCUT2D eigenvalue weighted by atomic mass is 9.59. The van der Waals surface area contributed by atoms with E-state index in [4.69, 9.17) is 16.3 Å². The van der Waals surface area contributed by atoms with Crippen LogP contribution < -0.4 is 26.0 Å². The zero-order valence-electron chi connectivity index (χ0n) is 18.4. The Morgan fingerprint density at radius 2 is 1.91 bits per heavy atom. The van der Waals surface area contributed by atoms with Crippen LogP contribution in [0.4, 0.5) is 13.2 Å². The van der Waals surface area contributed by atoms with Gasteiger partial charge in [0.25, 0.3) is 12.3 Å². The number of rotatable bonds is 7. The Morgan fingerprint density at radius 3 is 2.50 bits per heavy atom. The highest BCUT2D eigenvalue weighted by Crippen LogP contribution is 2.47. The molecule has 3 aliphatic carbocycles. The predicted octanol–water partition coefficient (Wildman–Crippen LogP) is 1.10. The van der Waals surface area contributed by atoms with Crippen LogP contribution in [0.3, 0.4) is 0 Å². The first kappa shape index (κ1) is 25.0. The van der Waals surface area contributed by atoms with E-state index in [0.717, 1.165) is 6.07 Å². The van der Waals surface area contributed by atoms with Crippen LogP contribution in [0.15, 0.2) is 18.2 Å². The van der Waals surface area contributed by atoms with E-state index < -0.39 is 47.4 Å². The van der Waals surface area contributed by atoms with Crippen LogP contribution in [0.5, 0.6) is 5.75 Å². The highest BCUT2D eigenvalue weighted by atomic mass is 35.5. The van der Waals surface area contributed by atoms with Gasteiger partial charge in [-0.3, -0.25) is 9.59 Å². The first-order valence-electron chi connectivity index (χ1n) is 11.3. The molecule has 2 bridgehead atoms. The van der Waals surface area contributed by atoms with Crippen molar-refractivity contribution in [3.63, 3.8) is 0 Å². The van der Waals surface area contributed by atoms with Crippen molar-refractivity contribution >= 4 is 23.4 Å². The highest BCUT2D eigenvalue weighted by molar-refractivity contribution is 6.30. The summed E-state index contributed by atoms with van der Waals surface area (Å²) >= 11 is 5.64. The number of alkyl halides is 2. The van der Waals surface area contributed by atoms with E-state index in [1.807, 2.05) is 0 Å². The molecular weight excluding hydrogens is 477 g/mol. The van der Waals surface area contributed by atoms with Gasteiger partial charge in [0.15, 0.2) is 6.61 Å². The minimum absolute atomic E-state index is 0.00868. The molecule has 1 heterocycles. The fourth-order valence-electron chi connectivity index (χ4n) is 5.09. The van der Waals surface area contributed by atoms with Crippen LogP contribution in [-0.4, -0.2) is 72.3 Å². The second-order valence-electron chi connectivity index (χ2n) is 9.37. The monoisotopic (exact) mass is 504 g/mol. The van der Waals surface area contributed by atoms with Crippen molar-refractivity contribution in [1.82, 2.24) is 21.3 Å². The molecule has 1 aromatic carbocycles. The maximum Gasteiger partial charge on any atom is 0.258 e. The van der Waals surface area contributed by atoms with E-state index in [-0.39, 0.29) is 42.8 Å². The zero-order valence-corrected chi connectivity index (χ0v) is 19.1. The number of hydrogen-bond acceptors (Lipinski definition) is 6. The molecule has 188 valence electrons. The van der Waals surface area contributed by atoms with Gasteiger partial charge in [0.05, 0.1) is 28.7 Å². The van der Waals surface area contributed by atoms with Crippen molar-refractivity contribution in [3.8, 4) is 5.75 Å². The molecule has 0 aromatic heterocycles. The molecule has 12 heteroatoms. The maximum atomic E-state index is 13.5. The lowest BCUT2D eigenvalue weighted by Crippen LogP contribution is -2.72. The lowest BCUT2D eigenvalue weighted by molar-refractivity contribution is -0.137. The summed E-state index contributed by atoms with van der Waals surface area (Å²) in [4.78, 5) is 25.2. The summed E-state index contributed by atoms with van der Waals surface area (Å²) in [5, 5.41) is 22.2. The molecule has 1 aromatic rings. The smallest absolute Gasteiger partial charge is 0.258 e. The number of hydrogen-bond donors (Lipinski definition) is 5. The standard InChI is InChI=1S/C22H28ClF3N4O4/c23-13-2-1-12(7-14(13)24)34-11-18(32)29-22-5-3-21(4-6-22,8-17(22)31)30-20(33)16-10-27-15(9-28-16)19(25)26/h1-2,7,15-17,19,27-28,31H,3-6,8-11H2,(H,29,32)(H,30,33). The Labute approximate surface area is 199 Å². The molecule has 34 heavy (non-hydrogen) atoms. The van der Waals surface area contributed by atoms with Crippen LogP contribution in [0.2, 0.25) is 5.02 Å². The molecule has 5 rings (SSSR count). The summed E-state index contributed by atoms with van der Waals surface area (Å²) < 4.78 is 44.4. The zero-order chi connectivity index (χ0) is 24.5. The molecule has 3 saturated carbocycles. The number of piperazine rings is 1. The van der Waals surface area contributed by atoms with Crippen molar-refractivity contribution in [3.05, 3.63) is 29.0 Å². The summed E-state index contributed by atoms with van der Waals surface area (Å²) in [6, 6.07) is 2.25. The van der Waals surface area contributed by atoms with Gasteiger partial charge in [0.2, 0.25) is 5.91 Å². The van der Waals surface area contributed by atoms with E-state index in [9.17, 15) is 27.9 Å². The van der Waals surface area contributed by atoms with Gasteiger partial charge in [0.1, 0.15) is 11.6 Å². The number of carbonyl (C=O) groups excluding carboxylic acids is 2. The SMILES string of the molecule is O=C(COc1ccc(Cl)c(F)c1)NC12CCC(NC(=O)C3CNC(C(F)F)CN3)(CC1)CC2O. The molecule has 1 saturated heterocycles. The van der Waals surface area contributed by atoms with Crippen LogP contribution in [0.1, 0.15) is 32.1 Å². The fourth-order valence-corrected chi connectivity index (χ4v) is 5.20. The van der Waals surface area contributed by atoms with Gasteiger partial charge in [-0.15, -0.1) is 0 Å². The number of nitrogens with one attached hydrogen (secondary N) is 4. The van der Waals surface area contributed by atoms with Gasteiger partial charge in [-0.1, -0.05) is 11.6 Å². The molecule has 0 spiro atoms. The molecule has 1 aliphatic heterocycles. The molecule has 4 fully saturated rings. The van der Waals surface area contributed by atoms with Crippen molar-refractivity contribution in [2.45, 2.75) is 67.8 Å².